The molecule has 4 heteroatoms. The smallest absolute Gasteiger partial charge is 0.101 e. The van der Waals surface area contributed by atoms with Gasteiger partial charge in [-0.3, -0.25) is 4.98 Å². The number of nitriles is 1. The van der Waals surface area contributed by atoms with Gasteiger partial charge in [-0.05, 0) is 24.6 Å². The van der Waals surface area contributed by atoms with E-state index in [2.05, 4.69) is 16.4 Å². The van der Waals surface area contributed by atoms with E-state index in [1.165, 1.54) is 0 Å². The lowest BCUT2D eigenvalue weighted by molar-refractivity contribution is 1.17. The normalized spacial score (nSPS) is 9.75. The van der Waals surface area contributed by atoms with Crippen LogP contribution in [0.3, 0.4) is 0 Å². The molecule has 0 bridgehead atoms. The molecular weight excluding hydrogens is 218 g/mol. The van der Waals surface area contributed by atoms with Gasteiger partial charge >= 0.3 is 0 Å². The first-order valence-corrected chi connectivity index (χ1v) is 5.79. The van der Waals surface area contributed by atoms with Gasteiger partial charge in [-0.15, -0.1) is 11.3 Å². The van der Waals surface area contributed by atoms with Gasteiger partial charge in [0, 0.05) is 11.1 Å². The maximum Gasteiger partial charge on any atom is 0.101 e. The number of benzene rings is 1. The highest BCUT2D eigenvalue weighted by atomic mass is 32.1. The molecule has 2 rings (SSSR count). The van der Waals surface area contributed by atoms with Crippen LogP contribution in [0.4, 0.5) is 5.69 Å². The number of hydrogen-bond acceptors (Lipinski definition) is 4. The molecule has 0 aliphatic heterocycles. The van der Waals surface area contributed by atoms with Crippen molar-refractivity contribution < 1.29 is 0 Å². The van der Waals surface area contributed by atoms with E-state index in [0.717, 1.165) is 16.1 Å². The van der Waals surface area contributed by atoms with Crippen LogP contribution in [-0.2, 0) is 6.54 Å². The number of thiazole rings is 1. The molecule has 1 aromatic heterocycles. The molecule has 2 aromatic rings. The van der Waals surface area contributed by atoms with Crippen LogP contribution in [0.1, 0.15) is 16.0 Å². The highest BCUT2D eigenvalue weighted by molar-refractivity contribution is 7.09. The first kappa shape index (κ1) is 10.7. The predicted octanol–water partition coefficient (Wildman–Crippen LogP) is 2.94. The van der Waals surface area contributed by atoms with Gasteiger partial charge in [0.05, 0.1) is 23.3 Å². The number of nitrogens with one attached hydrogen (secondary N) is 1. The maximum absolute atomic E-state index is 8.97. The molecule has 0 radical (unpaired) electrons. The van der Waals surface area contributed by atoms with Gasteiger partial charge in [-0.25, -0.2) is 0 Å². The number of rotatable bonds is 3. The Balaban J connectivity index is 2.15. The maximum atomic E-state index is 8.97. The number of aryl methyl sites for hydroxylation is 1. The molecule has 1 heterocycles. The standard InChI is InChI=1S/C12H11N3S/c1-9-2-3-10(5-13)12(4-9)15-7-11-6-14-8-16-11/h2-4,6,8,15H,7H2,1H3. The SMILES string of the molecule is Cc1ccc(C#N)c(NCc2cncs2)c1. The number of anilines is 1. The second-order valence-corrected chi connectivity index (χ2v) is 4.45. The molecule has 0 aliphatic carbocycles. The van der Waals surface area contributed by atoms with Gasteiger partial charge in [-0.1, -0.05) is 6.07 Å². The summed E-state index contributed by atoms with van der Waals surface area (Å²) in [4.78, 5) is 5.17. The highest BCUT2D eigenvalue weighted by Gasteiger charge is 2.02. The van der Waals surface area contributed by atoms with Crippen LogP contribution in [0.25, 0.3) is 0 Å². The van der Waals surface area contributed by atoms with Gasteiger partial charge in [0.15, 0.2) is 0 Å². The summed E-state index contributed by atoms with van der Waals surface area (Å²) in [5.41, 5.74) is 4.51. The first-order valence-electron chi connectivity index (χ1n) is 4.91. The fraction of sp³-hybridized carbons (Fsp3) is 0.167. The molecule has 0 aliphatic rings. The third kappa shape index (κ3) is 2.38. The van der Waals surface area contributed by atoms with Crippen molar-refractivity contribution in [2.75, 3.05) is 5.32 Å². The zero-order valence-electron chi connectivity index (χ0n) is 8.90. The minimum absolute atomic E-state index is 0.676. The van der Waals surface area contributed by atoms with Crippen molar-refractivity contribution in [2.45, 2.75) is 13.5 Å². The van der Waals surface area contributed by atoms with E-state index in [4.69, 9.17) is 5.26 Å². The lowest BCUT2D eigenvalue weighted by atomic mass is 10.1. The molecule has 3 nitrogen and oxygen atoms in total. The molecule has 1 aromatic carbocycles. The lowest BCUT2D eigenvalue weighted by Crippen LogP contribution is -2.00. The van der Waals surface area contributed by atoms with Crippen molar-refractivity contribution in [3.63, 3.8) is 0 Å². The van der Waals surface area contributed by atoms with Crippen molar-refractivity contribution in [3.05, 3.63) is 45.9 Å². The topological polar surface area (TPSA) is 48.7 Å². The highest BCUT2D eigenvalue weighted by Crippen LogP contribution is 2.18. The largest absolute Gasteiger partial charge is 0.379 e. The zero-order valence-corrected chi connectivity index (χ0v) is 9.71. The molecular formula is C12H11N3S. The van der Waals surface area contributed by atoms with Crippen LogP contribution in [0.5, 0.6) is 0 Å². The van der Waals surface area contributed by atoms with Gasteiger partial charge in [0.25, 0.3) is 0 Å². The van der Waals surface area contributed by atoms with E-state index in [1.807, 2.05) is 31.3 Å². The minimum atomic E-state index is 0.676. The molecule has 0 spiro atoms. The number of aromatic nitrogens is 1. The van der Waals surface area contributed by atoms with Crippen molar-refractivity contribution in [2.24, 2.45) is 0 Å². The Bertz CT molecular complexity index is 512. The van der Waals surface area contributed by atoms with Crippen molar-refractivity contribution in [3.8, 4) is 6.07 Å². The lowest BCUT2D eigenvalue weighted by Gasteiger charge is -2.07. The Morgan fingerprint density at radius 3 is 3.06 bits per heavy atom. The molecule has 16 heavy (non-hydrogen) atoms. The van der Waals surface area contributed by atoms with Crippen molar-refractivity contribution in [1.82, 2.24) is 4.98 Å². The minimum Gasteiger partial charge on any atom is -0.379 e. The molecule has 0 saturated carbocycles. The zero-order chi connectivity index (χ0) is 11.4. The number of nitrogens with zero attached hydrogens (tertiary/aromatic N) is 2. The molecule has 0 amide bonds. The van der Waals surface area contributed by atoms with E-state index >= 15 is 0 Å². The predicted molar refractivity (Wildman–Crippen MR) is 65.3 cm³/mol. The molecule has 0 saturated heterocycles. The summed E-state index contributed by atoms with van der Waals surface area (Å²) >= 11 is 1.60. The monoisotopic (exact) mass is 229 g/mol. The van der Waals surface area contributed by atoms with Crippen molar-refractivity contribution in [1.29, 1.82) is 5.26 Å². The van der Waals surface area contributed by atoms with Gasteiger partial charge in [0.1, 0.15) is 6.07 Å². The van der Waals surface area contributed by atoms with Crippen LogP contribution in [-0.4, -0.2) is 4.98 Å². The average Bonchev–Trinajstić information content (AvgIpc) is 2.79. The Morgan fingerprint density at radius 1 is 1.50 bits per heavy atom. The third-order valence-corrected chi connectivity index (χ3v) is 3.01. The summed E-state index contributed by atoms with van der Waals surface area (Å²) in [5.74, 6) is 0. The van der Waals surface area contributed by atoms with Gasteiger partial charge in [-0.2, -0.15) is 5.26 Å². The van der Waals surface area contributed by atoms with Crippen LogP contribution < -0.4 is 5.32 Å². The summed E-state index contributed by atoms with van der Waals surface area (Å²) in [6.07, 6.45) is 1.83. The molecule has 80 valence electrons. The molecule has 0 fully saturated rings. The van der Waals surface area contributed by atoms with E-state index < -0.39 is 0 Å². The molecule has 1 N–H and O–H groups in total. The number of hydrogen-bond donors (Lipinski definition) is 1. The molecule has 0 unspecified atom stereocenters. The Hall–Kier alpha value is -1.86. The van der Waals surface area contributed by atoms with E-state index in [9.17, 15) is 0 Å². The second kappa shape index (κ2) is 4.77. The van der Waals surface area contributed by atoms with E-state index in [0.29, 0.717) is 12.1 Å². The van der Waals surface area contributed by atoms with Gasteiger partial charge in [0.2, 0.25) is 0 Å². The summed E-state index contributed by atoms with van der Waals surface area (Å²) < 4.78 is 0. The Kier molecular flexibility index (Phi) is 3.18. The quantitative estimate of drug-likeness (QED) is 0.880. The average molecular weight is 229 g/mol. The summed E-state index contributed by atoms with van der Waals surface area (Å²) in [6, 6.07) is 7.94. The van der Waals surface area contributed by atoms with E-state index in [-0.39, 0.29) is 0 Å². The van der Waals surface area contributed by atoms with Crippen LogP contribution in [0.15, 0.2) is 29.9 Å². The fourth-order valence-electron chi connectivity index (χ4n) is 1.41. The summed E-state index contributed by atoms with van der Waals surface area (Å²) in [7, 11) is 0. The van der Waals surface area contributed by atoms with Crippen LogP contribution in [0.2, 0.25) is 0 Å². The third-order valence-electron chi connectivity index (χ3n) is 2.23. The molecule has 0 atom stereocenters. The van der Waals surface area contributed by atoms with Crippen LogP contribution >= 0.6 is 11.3 Å². The van der Waals surface area contributed by atoms with E-state index in [1.54, 1.807) is 16.8 Å². The summed E-state index contributed by atoms with van der Waals surface area (Å²) in [5, 5.41) is 12.2. The van der Waals surface area contributed by atoms with Crippen LogP contribution in [0, 0.1) is 18.3 Å². The second-order valence-electron chi connectivity index (χ2n) is 3.48. The van der Waals surface area contributed by atoms with Gasteiger partial charge < -0.3 is 5.32 Å². The first-order chi connectivity index (χ1) is 7.79. The summed E-state index contributed by atoms with van der Waals surface area (Å²) in [6.45, 7) is 2.72. The van der Waals surface area contributed by atoms with Crippen molar-refractivity contribution >= 4 is 17.0 Å². The Morgan fingerprint density at radius 2 is 2.38 bits per heavy atom. The Labute approximate surface area is 98.4 Å². The fourth-order valence-corrected chi connectivity index (χ4v) is 1.95.